The van der Waals surface area contributed by atoms with Crippen LogP contribution in [0.2, 0.25) is 0 Å². The minimum Gasteiger partial charge on any atom is -0.393 e. The molecule has 2 heterocycles. The van der Waals surface area contributed by atoms with Crippen molar-refractivity contribution in [2.75, 3.05) is 19.8 Å². The van der Waals surface area contributed by atoms with E-state index in [0.717, 1.165) is 31.5 Å². The van der Waals surface area contributed by atoms with Crippen LogP contribution < -0.4 is 0 Å². The molecule has 1 saturated heterocycles. The highest BCUT2D eigenvalue weighted by Crippen LogP contribution is 2.32. The minimum atomic E-state index is -0.307. The van der Waals surface area contributed by atoms with Crippen molar-refractivity contribution in [2.24, 2.45) is 5.92 Å². The second-order valence-corrected chi connectivity index (χ2v) is 5.74. The molecule has 3 rings (SSSR count). The van der Waals surface area contributed by atoms with Gasteiger partial charge in [0.1, 0.15) is 5.82 Å². The smallest absolute Gasteiger partial charge is 0.141 e. The fraction of sp³-hybridized carbons (Fsp3) is 0.667. The van der Waals surface area contributed by atoms with Crippen molar-refractivity contribution in [2.45, 2.75) is 38.0 Å². The lowest BCUT2D eigenvalue weighted by molar-refractivity contribution is -0.0540. The molecule has 5 heteroatoms. The van der Waals surface area contributed by atoms with Gasteiger partial charge in [0, 0.05) is 25.0 Å². The number of hydrogen-bond donors (Lipinski definition) is 1. The topological polar surface area (TPSA) is 45.6 Å². The van der Waals surface area contributed by atoms with Crippen molar-refractivity contribution >= 4 is 0 Å². The summed E-state index contributed by atoms with van der Waals surface area (Å²) >= 11 is 0. The summed E-state index contributed by atoms with van der Waals surface area (Å²) in [6.07, 6.45) is 4.08. The molecule has 0 spiro atoms. The Morgan fingerprint density at radius 1 is 1.40 bits per heavy atom. The Bertz CT molecular complexity index is 440. The molecule has 0 bridgehead atoms. The molecule has 0 unspecified atom stereocenters. The fourth-order valence-corrected chi connectivity index (χ4v) is 3.37. The van der Waals surface area contributed by atoms with E-state index < -0.39 is 0 Å². The lowest BCUT2D eigenvalue weighted by atomic mass is 9.94. The minimum absolute atomic E-state index is 0.217. The Kier molecular flexibility index (Phi) is 4.29. The molecule has 1 N–H and O–H groups in total. The summed E-state index contributed by atoms with van der Waals surface area (Å²) in [6, 6.07) is 3.42. The summed E-state index contributed by atoms with van der Waals surface area (Å²) in [5.74, 6) is -0.0192. The molecule has 3 atom stereocenters. The Balaban J connectivity index is 1.70. The van der Waals surface area contributed by atoms with Crippen molar-refractivity contribution in [3.8, 4) is 0 Å². The van der Waals surface area contributed by atoms with Gasteiger partial charge < -0.3 is 9.84 Å². The average molecular weight is 280 g/mol. The molecule has 0 amide bonds. The van der Waals surface area contributed by atoms with E-state index in [9.17, 15) is 9.50 Å². The van der Waals surface area contributed by atoms with Crippen molar-refractivity contribution < 1.29 is 14.2 Å². The van der Waals surface area contributed by atoms with E-state index in [0.29, 0.717) is 19.8 Å². The predicted molar refractivity (Wildman–Crippen MR) is 72.6 cm³/mol. The molecular weight excluding hydrogens is 259 g/mol. The van der Waals surface area contributed by atoms with E-state index in [1.807, 2.05) is 0 Å². The first-order chi connectivity index (χ1) is 9.74. The summed E-state index contributed by atoms with van der Waals surface area (Å²) in [7, 11) is 0. The highest BCUT2D eigenvalue weighted by Gasteiger charge is 2.37. The largest absolute Gasteiger partial charge is 0.393 e. The first-order valence-corrected chi connectivity index (χ1v) is 7.34. The molecule has 1 saturated carbocycles. The van der Waals surface area contributed by atoms with Crippen LogP contribution in [0.3, 0.4) is 0 Å². The molecule has 1 aromatic rings. The van der Waals surface area contributed by atoms with Crippen molar-refractivity contribution in [1.82, 2.24) is 9.88 Å². The van der Waals surface area contributed by atoms with E-state index in [-0.39, 0.29) is 23.9 Å². The Morgan fingerprint density at radius 3 is 3.00 bits per heavy atom. The average Bonchev–Trinajstić information content (AvgIpc) is 2.88. The maximum Gasteiger partial charge on any atom is 0.141 e. The molecule has 20 heavy (non-hydrogen) atoms. The quantitative estimate of drug-likeness (QED) is 0.913. The lowest BCUT2D eigenvalue weighted by Crippen LogP contribution is -2.50. The maximum atomic E-state index is 12.9. The number of aromatic nitrogens is 1. The number of aliphatic hydroxyl groups is 1. The van der Waals surface area contributed by atoms with Crippen LogP contribution in [0, 0.1) is 11.7 Å². The molecule has 1 aliphatic heterocycles. The van der Waals surface area contributed by atoms with E-state index in [4.69, 9.17) is 4.74 Å². The van der Waals surface area contributed by atoms with E-state index in [1.165, 1.54) is 12.3 Å². The molecule has 2 fully saturated rings. The molecule has 1 aliphatic carbocycles. The van der Waals surface area contributed by atoms with Gasteiger partial charge in [-0.25, -0.2) is 4.39 Å². The fourth-order valence-electron chi connectivity index (χ4n) is 3.37. The van der Waals surface area contributed by atoms with E-state index >= 15 is 0 Å². The highest BCUT2D eigenvalue weighted by molar-refractivity contribution is 5.06. The van der Waals surface area contributed by atoms with Gasteiger partial charge in [0.25, 0.3) is 0 Å². The van der Waals surface area contributed by atoms with Crippen molar-refractivity contribution in [1.29, 1.82) is 0 Å². The first-order valence-electron chi connectivity index (χ1n) is 7.34. The van der Waals surface area contributed by atoms with Crippen molar-refractivity contribution in [3.05, 3.63) is 29.8 Å². The summed E-state index contributed by atoms with van der Waals surface area (Å²) in [6.45, 7) is 2.91. The van der Waals surface area contributed by atoms with Gasteiger partial charge in [0.2, 0.25) is 0 Å². The zero-order valence-corrected chi connectivity index (χ0v) is 11.5. The molecular formula is C15H21FN2O2. The monoisotopic (exact) mass is 280 g/mol. The Morgan fingerprint density at radius 2 is 2.30 bits per heavy atom. The second kappa shape index (κ2) is 6.16. The molecule has 4 nitrogen and oxygen atoms in total. The summed E-state index contributed by atoms with van der Waals surface area (Å²) in [5, 5.41) is 10.1. The van der Waals surface area contributed by atoms with Crippen LogP contribution in [0.5, 0.6) is 0 Å². The van der Waals surface area contributed by atoms with Gasteiger partial charge in [-0.3, -0.25) is 9.88 Å². The predicted octanol–water partition coefficient (Wildman–Crippen LogP) is 1.58. The van der Waals surface area contributed by atoms with Crippen LogP contribution >= 0.6 is 0 Å². The Hall–Kier alpha value is -1.04. The van der Waals surface area contributed by atoms with E-state index in [1.54, 1.807) is 6.07 Å². The molecule has 0 radical (unpaired) electrons. The second-order valence-electron chi connectivity index (χ2n) is 5.74. The third-order valence-electron chi connectivity index (χ3n) is 4.46. The first kappa shape index (κ1) is 13.9. The number of nitrogens with zero attached hydrogens (tertiary/aromatic N) is 2. The third-order valence-corrected chi connectivity index (χ3v) is 4.46. The maximum absolute atomic E-state index is 12.9. The van der Waals surface area contributed by atoms with Crippen LogP contribution in [0.25, 0.3) is 0 Å². The van der Waals surface area contributed by atoms with Gasteiger partial charge >= 0.3 is 0 Å². The SMILES string of the molecule is O[C@@H]1CCC[C@@H]1[C@H]1COCCN1Cc1ccc(F)cn1. The molecule has 2 aliphatic rings. The highest BCUT2D eigenvalue weighted by atomic mass is 19.1. The van der Waals surface area contributed by atoms with Crippen LogP contribution in [-0.2, 0) is 11.3 Å². The number of ether oxygens (including phenoxy) is 1. The van der Waals surface area contributed by atoms with E-state index in [2.05, 4.69) is 9.88 Å². The zero-order valence-electron chi connectivity index (χ0n) is 11.5. The summed E-state index contributed by atoms with van der Waals surface area (Å²) in [5.41, 5.74) is 0.866. The number of halogens is 1. The van der Waals surface area contributed by atoms with Crippen LogP contribution in [0.15, 0.2) is 18.3 Å². The summed E-state index contributed by atoms with van der Waals surface area (Å²) < 4.78 is 18.5. The number of aliphatic hydroxyl groups excluding tert-OH is 1. The van der Waals surface area contributed by atoms with Gasteiger partial charge in [-0.1, -0.05) is 6.42 Å². The number of pyridine rings is 1. The van der Waals surface area contributed by atoms with Gasteiger partial charge in [0.15, 0.2) is 0 Å². The molecule has 110 valence electrons. The van der Waals surface area contributed by atoms with Gasteiger partial charge in [-0.15, -0.1) is 0 Å². The van der Waals surface area contributed by atoms with Crippen LogP contribution in [-0.4, -0.2) is 46.9 Å². The number of morpholine rings is 1. The van der Waals surface area contributed by atoms with Crippen LogP contribution in [0.4, 0.5) is 4.39 Å². The van der Waals surface area contributed by atoms with Gasteiger partial charge in [-0.2, -0.15) is 0 Å². The zero-order chi connectivity index (χ0) is 13.9. The standard InChI is InChI=1S/C15H21FN2O2/c16-11-4-5-12(17-8-11)9-18-6-7-20-10-14(18)13-2-1-3-15(13)19/h4-5,8,13-15,19H,1-3,6-7,9-10H2/t13-,14-,15-/m1/s1. The van der Waals surface area contributed by atoms with Crippen LogP contribution in [0.1, 0.15) is 25.0 Å². The normalized spacial score (nSPS) is 31.6. The lowest BCUT2D eigenvalue weighted by Gasteiger charge is -2.39. The van der Waals surface area contributed by atoms with Gasteiger partial charge in [0.05, 0.1) is 31.2 Å². The number of rotatable bonds is 3. The molecule has 0 aromatic carbocycles. The Labute approximate surface area is 118 Å². The van der Waals surface area contributed by atoms with Gasteiger partial charge in [-0.05, 0) is 25.0 Å². The number of hydrogen-bond acceptors (Lipinski definition) is 4. The summed E-state index contributed by atoms with van der Waals surface area (Å²) in [4.78, 5) is 6.45. The third kappa shape index (κ3) is 3.00. The molecule has 1 aromatic heterocycles. The van der Waals surface area contributed by atoms with Crippen molar-refractivity contribution in [3.63, 3.8) is 0 Å².